The Morgan fingerprint density at radius 3 is 1.98 bits per heavy atom. The fraction of sp³-hybridized carbons (Fsp3) is 0.0698. The van der Waals surface area contributed by atoms with Gasteiger partial charge in [-0.15, -0.1) is 0 Å². The standard InChI is InChI=1S/C43H30N2/c1-43(2)37-16-8-7-14-34(37)41-35(15-9-17-38(41)43)40-31-12-5-6-13-32(31)42(39-26-44-22-23-45-39)33-21-20-30(25-36(33)40)29-19-18-27-10-3-4-11-28(27)24-29/h3-26H,1-2H3. The molecule has 45 heavy (non-hydrogen) atoms. The van der Waals surface area contributed by atoms with Crippen molar-refractivity contribution >= 4 is 32.3 Å². The van der Waals surface area contributed by atoms with Gasteiger partial charge in [0.1, 0.15) is 0 Å². The fourth-order valence-electron chi connectivity index (χ4n) is 7.68. The van der Waals surface area contributed by atoms with Crippen LogP contribution in [0.1, 0.15) is 25.0 Å². The number of hydrogen-bond donors (Lipinski definition) is 0. The second-order valence-corrected chi connectivity index (χ2v) is 12.6. The molecule has 1 heterocycles. The van der Waals surface area contributed by atoms with Crippen LogP contribution in [-0.2, 0) is 5.41 Å². The van der Waals surface area contributed by atoms with Crippen LogP contribution in [0.25, 0.3) is 77.0 Å². The van der Waals surface area contributed by atoms with E-state index in [1.165, 1.54) is 76.8 Å². The van der Waals surface area contributed by atoms with Crippen molar-refractivity contribution in [2.75, 3.05) is 0 Å². The summed E-state index contributed by atoms with van der Waals surface area (Å²) in [5.74, 6) is 0. The van der Waals surface area contributed by atoms with E-state index in [9.17, 15) is 0 Å². The lowest BCUT2D eigenvalue weighted by molar-refractivity contribution is 0.660. The van der Waals surface area contributed by atoms with Crippen LogP contribution in [-0.4, -0.2) is 9.97 Å². The highest BCUT2D eigenvalue weighted by Crippen LogP contribution is 2.54. The van der Waals surface area contributed by atoms with Crippen molar-refractivity contribution < 1.29 is 0 Å². The summed E-state index contributed by atoms with van der Waals surface area (Å²) >= 11 is 0. The molecule has 0 saturated carbocycles. The van der Waals surface area contributed by atoms with E-state index in [0.717, 1.165) is 11.3 Å². The molecule has 1 aliphatic carbocycles. The molecular weight excluding hydrogens is 544 g/mol. The van der Waals surface area contributed by atoms with Crippen LogP contribution in [0.2, 0.25) is 0 Å². The lowest BCUT2D eigenvalue weighted by atomic mass is 9.80. The summed E-state index contributed by atoms with van der Waals surface area (Å²) in [6, 6.07) is 46.9. The number of rotatable bonds is 3. The number of benzene rings is 7. The van der Waals surface area contributed by atoms with E-state index in [2.05, 4.69) is 146 Å². The zero-order valence-electron chi connectivity index (χ0n) is 25.3. The summed E-state index contributed by atoms with van der Waals surface area (Å²) in [5, 5.41) is 7.29. The Balaban J connectivity index is 1.43. The maximum atomic E-state index is 4.81. The van der Waals surface area contributed by atoms with Crippen LogP contribution < -0.4 is 0 Å². The van der Waals surface area contributed by atoms with Gasteiger partial charge in [-0.25, -0.2) is 0 Å². The van der Waals surface area contributed by atoms with Gasteiger partial charge < -0.3 is 0 Å². The van der Waals surface area contributed by atoms with E-state index in [1.54, 1.807) is 12.4 Å². The second-order valence-electron chi connectivity index (χ2n) is 12.6. The number of hydrogen-bond acceptors (Lipinski definition) is 2. The number of fused-ring (bicyclic) bond motifs is 6. The first-order valence-corrected chi connectivity index (χ1v) is 15.6. The minimum Gasteiger partial charge on any atom is -0.261 e. The Labute approximate surface area is 262 Å². The third-order valence-electron chi connectivity index (χ3n) is 9.80. The molecule has 212 valence electrons. The predicted molar refractivity (Wildman–Crippen MR) is 188 cm³/mol. The molecule has 0 saturated heterocycles. The van der Waals surface area contributed by atoms with Gasteiger partial charge in [-0.05, 0) is 89.0 Å². The third-order valence-corrected chi connectivity index (χ3v) is 9.80. The van der Waals surface area contributed by atoms with Crippen LogP contribution in [0.15, 0.2) is 146 Å². The zero-order valence-corrected chi connectivity index (χ0v) is 25.3. The van der Waals surface area contributed by atoms with Crippen molar-refractivity contribution in [2.24, 2.45) is 0 Å². The minimum absolute atomic E-state index is 0.0800. The Kier molecular flexibility index (Phi) is 5.58. The van der Waals surface area contributed by atoms with Crippen molar-refractivity contribution in [1.82, 2.24) is 9.97 Å². The Hall–Kier alpha value is -5.60. The van der Waals surface area contributed by atoms with Crippen LogP contribution in [0.5, 0.6) is 0 Å². The normalized spacial score (nSPS) is 13.3. The molecule has 0 bridgehead atoms. The fourth-order valence-corrected chi connectivity index (χ4v) is 7.68. The van der Waals surface area contributed by atoms with Crippen molar-refractivity contribution in [1.29, 1.82) is 0 Å². The summed E-state index contributed by atoms with van der Waals surface area (Å²) in [4.78, 5) is 9.29. The van der Waals surface area contributed by atoms with Crippen LogP contribution in [0, 0.1) is 0 Å². The second kappa shape index (κ2) is 9.70. The summed E-state index contributed by atoms with van der Waals surface area (Å²) in [7, 11) is 0. The van der Waals surface area contributed by atoms with Crippen molar-refractivity contribution in [3.05, 3.63) is 157 Å². The molecule has 8 aromatic rings. The number of aromatic nitrogens is 2. The van der Waals surface area contributed by atoms with E-state index in [0.29, 0.717) is 0 Å². The van der Waals surface area contributed by atoms with Crippen molar-refractivity contribution in [2.45, 2.75) is 19.3 Å². The lowest BCUT2D eigenvalue weighted by Gasteiger charge is -2.22. The molecule has 0 amide bonds. The summed E-state index contributed by atoms with van der Waals surface area (Å²) in [6.45, 7) is 4.71. The minimum atomic E-state index is -0.0800. The highest BCUT2D eigenvalue weighted by molar-refractivity contribution is 6.23. The lowest BCUT2D eigenvalue weighted by Crippen LogP contribution is -2.14. The molecule has 0 N–H and O–H groups in total. The van der Waals surface area contributed by atoms with Gasteiger partial charge in [-0.2, -0.15) is 0 Å². The zero-order chi connectivity index (χ0) is 30.1. The van der Waals surface area contributed by atoms with Gasteiger partial charge in [-0.1, -0.05) is 129 Å². The number of nitrogens with zero attached hydrogens (tertiary/aromatic N) is 2. The maximum Gasteiger partial charge on any atom is 0.0897 e. The van der Waals surface area contributed by atoms with E-state index >= 15 is 0 Å². The monoisotopic (exact) mass is 574 g/mol. The van der Waals surface area contributed by atoms with Gasteiger partial charge in [0.05, 0.1) is 11.9 Å². The van der Waals surface area contributed by atoms with Gasteiger partial charge in [0.2, 0.25) is 0 Å². The first-order valence-electron chi connectivity index (χ1n) is 15.6. The predicted octanol–water partition coefficient (Wildman–Crippen LogP) is 11.2. The van der Waals surface area contributed by atoms with Gasteiger partial charge in [0.15, 0.2) is 0 Å². The van der Waals surface area contributed by atoms with Crippen LogP contribution in [0.4, 0.5) is 0 Å². The van der Waals surface area contributed by atoms with E-state index in [4.69, 9.17) is 4.98 Å². The molecule has 0 fully saturated rings. The highest BCUT2D eigenvalue weighted by atomic mass is 14.8. The molecular formula is C43H30N2. The van der Waals surface area contributed by atoms with Gasteiger partial charge in [0, 0.05) is 23.4 Å². The first-order chi connectivity index (χ1) is 22.1. The maximum absolute atomic E-state index is 4.81. The van der Waals surface area contributed by atoms with Gasteiger partial charge in [-0.3, -0.25) is 9.97 Å². The molecule has 0 atom stereocenters. The topological polar surface area (TPSA) is 25.8 Å². The molecule has 1 aliphatic rings. The van der Waals surface area contributed by atoms with E-state index in [1.807, 2.05) is 6.20 Å². The molecule has 2 nitrogen and oxygen atoms in total. The molecule has 0 spiro atoms. The Morgan fingerprint density at radius 2 is 1.13 bits per heavy atom. The van der Waals surface area contributed by atoms with Crippen LogP contribution in [0.3, 0.4) is 0 Å². The SMILES string of the molecule is CC1(C)c2ccccc2-c2c(-c3c4ccccc4c(-c4cnccn4)c4ccc(-c5ccc6ccccc6c5)cc34)cccc21. The summed E-state index contributed by atoms with van der Waals surface area (Å²) < 4.78 is 0. The first kappa shape index (κ1) is 25.9. The molecule has 7 aromatic carbocycles. The van der Waals surface area contributed by atoms with E-state index in [-0.39, 0.29) is 5.41 Å². The van der Waals surface area contributed by atoms with Crippen molar-refractivity contribution in [3.63, 3.8) is 0 Å². The molecule has 0 radical (unpaired) electrons. The quantitative estimate of drug-likeness (QED) is 0.196. The van der Waals surface area contributed by atoms with Gasteiger partial charge in [0.25, 0.3) is 0 Å². The average Bonchev–Trinajstić information content (AvgIpc) is 3.33. The molecule has 1 aromatic heterocycles. The molecule has 0 unspecified atom stereocenters. The van der Waals surface area contributed by atoms with Gasteiger partial charge >= 0.3 is 0 Å². The van der Waals surface area contributed by atoms with Crippen LogP contribution >= 0.6 is 0 Å². The molecule has 2 heteroatoms. The summed E-state index contributed by atoms with van der Waals surface area (Å²) in [6.07, 6.45) is 5.42. The van der Waals surface area contributed by atoms with Crippen molar-refractivity contribution in [3.8, 4) is 44.6 Å². The largest absolute Gasteiger partial charge is 0.261 e. The third kappa shape index (κ3) is 3.82. The summed E-state index contributed by atoms with van der Waals surface area (Å²) in [5.41, 5.74) is 12.3. The smallest absolute Gasteiger partial charge is 0.0897 e. The Morgan fingerprint density at radius 1 is 0.467 bits per heavy atom. The van der Waals surface area contributed by atoms with E-state index < -0.39 is 0 Å². The molecule has 0 aliphatic heterocycles. The molecule has 9 rings (SSSR count). The average molecular weight is 575 g/mol. The highest BCUT2D eigenvalue weighted by Gasteiger charge is 2.37. The Bertz CT molecular complexity index is 2450.